The maximum atomic E-state index is 2.90. The van der Waals surface area contributed by atoms with Crippen molar-refractivity contribution in [2.45, 2.75) is 117 Å². The van der Waals surface area contributed by atoms with E-state index in [-0.39, 0.29) is 0 Å². The van der Waals surface area contributed by atoms with E-state index in [1.807, 2.05) is 0 Å². The largest absolute Gasteiger partial charge is 0.272 e. The number of hydrogen-bond acceptors (Lipinski definition) is 4. The molecule has 0 radical (unpaired) electrons. The summed E-state index contributed by atoms with van der Waals surface area (Å²) in [5.74, 6) is 0. The maximum absolute atomic E-state index is 2.90. The molecule has 4 aliphatic heterocycles. The minimum atomic E-state index is 0.706. The summed E-state index contributed by atoms with van der Waals surface area (Å²) in [7, 11) is 0. The summed E-state index contributed by atoms with van der Waals surface area (Å²) in [4.78, 5) is 11.6. The van der Waals surface area contributed by atoms with Gasteiger partial charge in [-0.15, -0.1) is 0 Å². The van der Waals surface area contributed by atoms with Crippen LogP contribution in [0.2, 0.25) is 0 Å². The van der Waals surface area contributed by atoms with Gasteiger partial charge in [-0.2, -0.15) is 0 Å². The van der Waals surface area contributed by atoms with Crippen LogP contribution in [0.3, 0.4) is 0 Å². The van der Waals surface area contributed by atoms with Crippen molar-refractivity contribution in [3.63, 3.8) is 0 Å². The molecular weight excluding hydrogens is 320 g/mol. The first-order valence-electron chi connectivity index (χ1n) is 11.8. The normalized spacial score (nSPS) is 32.8. The van der Waals surface area contributed by atoms with Crippen LogP contribution >= 0.6 is 0 Å². The summed E-state index contributed by atoms with van der Waals surface area (Å²) in [6.45, 7) is 14.6. The van der Waals surface area contributed by atoms with E-state index in [1.165, 1.54) is 90.4 Å². The zero-order valence-corrected chi connectivity index (χ0v) is 18.0. The van der Waals surface area contributed by atoms with Gasteiger partial charge in [0.2, 0.25) is 0 Å². The molecular formula is C22H44N4. The Balaban J connectivity index is 1.81. The Morgan fingerprint density at radius 3 is 0.885 bits per heavy atom. The monoisotopic (exact) mass is 364 g/mol. The molecule has 4 rings (SSSR count). The molecule has 0 aromatic carbocycles. The van der Waals surface area contributed by atoms with Gasteiger partial charge < -0.3 is 0 Å². The van der Waals surface area contributed by atoms with Gasteiger partial charge in [-0.1, -0.05) is 53.4 Å². The van der Waals surface area contributed by atoms with E-state index >= 15 is 0 Å². The van der Waals surface area contributed by atoms with Gasteiger partial charge in [0.1, 0.15) is 0 Å². The van der Waals surface area contributed by atoms with Crippen LogP contribution < -0.4 is 0 Å². The Hall–Kier alpha value is -0.160. The summed E-state index contributed by atoms with van der Waals surface area (Å²) >= 11 is 0. The summed E-state index contributed by atoms with van der Waals surface area (Å²) in [6, 6.07) is 0. The van der Waals surface area contributed by atoms with Crippen molar-refractivity contribution < 1.29 is 0 Å². The van der Waals surface area contributed by atoms with Gasteiger partial charge in [0.25, 0.3) is 0 Å². The summed E-state index contributed by atoms with van der Waals surface area (Å²) in [5, 5.41) is 0. The van der Waals surface area contributed by atoms with E-state index < -0.39 is 0 Å². The van der Waals surface area contributed by atoms with Crippen molar-refractivity contribution in [1.29, 1.82) is 0 Å². The lowest BCUT2D eigenvalue weighted by Crippen LogP contribution is -2.82. The number of unbranched alkanes of at least 4 members (excludes halogenated alkanes) is 4. The summed E-state index contributed by atoms with van der Waals surface area (Å²) < 4.78 is 0. The lowest BCUT2D eigenvalue weighted by Gasteiger charge is -2.69. The highest BCUT2D eigenvalue weighted by Crippen LogP contribution is 2.45. The summed E-state index contributed by atoms with van der Waals surface area (Å²) in [6.07, 6.45) is 16.2. The molecule has 0 unspecified atom stereocenters. The van der Waals surface area contributed by atoms with Crippen LogP contribution in [-0.4, -0.2) is 70.4 Å². The van der Waals surface area contributed by atoms with Gasteiger partial charge in [-0.25, -0.2) is 0 Å². The van der Waals surface area contributed by atoms with Crippen molar-refractivity contribution in [1.82, 2.24) is 19.6 Å². The molecule has 4 aliphatic rings. The van der Waals surface area contributed by atoms with Crippen LogP contribution in [0.15, 0.2) is 0 Å². The van der Waals surface area contributed by atoms with Gasteiger partial charge in [0.05, 0.1) is 24.7 Å². The first kappa shape index (κ1) is 20.6. The zero-order valence-electron chi connectivity index (χ0n) is 18.0. The van der Waals surface area contributed by atoms with E-state index in [9.17, 15) is 0 Å². The van der Waals surface area contributed by atoms with Crippen LogP contribution in [0, 0.1) is 0 Å². The number of nitrogens with zero attached hydrogens (tertiary/aromatic N) is 4. The van der Waals surface area contributed by atoms with Crippen LogP contribution in [0.25, 0.3) is 0 Å². The van der Waals surface area contributed by atoms with Crippen molar-refractivity contribution in [3.05, 3.63) is 0 Å². The van der Waals surface area contributed by atoms with Crippen molar-refractivity contribution in [3.8, 4) is 0 Å². The van der Waals surface area contributed by atoms with Crippen molar-refractivity contribution >= 4 is 0 Å². The molecule has 4 fully saturated rings. The number of rotatable bonds is 12. The quantitative estimate of drug-likeness (QED) is 0.505. The Morgan fingerprint density at radius 1 is 0.462 bits per heavy atom. The molecule has 4 bridgehead atoms. The first-order chi connectivity index (χ1) is 12.8. The Kier molecular flexibility index (Phi) is 7.80. The fourth-order valence-corrected chi connectivity index (χ4v) is 5.57. The van der Waals surface area contributed by atoms with E-state index in [0.29, 0.717) is 24.7 Å². The summed E-state index contributed by atoms with van der Waals surface area (Å²) in [5.41, 5.74) is 0. The molecule has 0 atom stereocenters. The predicted molar refractivity (Wildman–Crippen MR) is 111 cm³/mol. The lowest BCUT2D eigenvalue weighted by molar-refractivity contribution is -0.283. The van der Waals surface area contributed by atoms with Crippen molar-refractivity contribution in [2.24, 2.45) is 0 Å². The van der Waals surface area contributed by atoms with Crippen LogP contribution in [0.5, 0.6) is 0 Å². The molecule has 4 heterocycles. The molecule has 152 valence electrons. The fourth-order valence-electron chi connectivity index (χ4n) is 5.57. The van der Waals surface area contributed by atoms with Crippen LogP contribution in [0.4, 0.5) is 0 Å². The Bertz CT molecular complexity index is 325. The third-order valence-electron chi connectivity index (χ3n) is 6.99. The first-order valence-corrected chi connectivity index (χ1v) is 11.8. The molecule has 4 heteroatoms. The van der Waals surface area contributed by atoms with Gasteiger partial charge in [0, 0.05) is 39.0 Å². The van der Waals surface area contributed by atoms with Gasteiger partial charge in [0.15, 0.2) is 0 Å². The topological polar surface area (TPSA) is 13.0 Å². The van der Waals surface area contributed by atoms with Crippen LogP contribution in [-0.2, 0) is 0 Å². The minimum Gasteiger partial charge on any atom is -0.272 e. The van der Waals surface area contributed by atoms with E-state index in [1.54, 1.807) is 0 Å². The molecule has 4 nitrogen and oxygen atoms in total. The van der Waals surface area contributed by atoms with Crippen molar-refractivity contribution in [2.75, 3.05) is 26.2 Å². The van der Waals surface area contributed by atoms with Gasteiger partial charge >= 0.3 is 0 Å². The second-order valence-electron chi connectivity index (χ2n) is 8.76. The lowest BCUT2D eigenvalue weighted by atomic mass is 9.90. The highest BCUT2D eigenvalue weighted by molar-refractivity contribution is 5.05. The van der Waals surface area contributed by atoms with E-state index in [4.69, 9.17) is 0 Å². The molecule has 0 spiro atoms. The third-order valence-corrected chi connectivity index (χ3v) is 6.99. The molecule has 26 heavy (non-hydrogen) atoms. The highest BCUT2D eigenvalue weighted by atomic mass is 15.6. The minimum absolute atomic E-state index is 0.706. The molecule has 4 saturated heterocycles. The van der Waals surface area contributed by atoms with Crippen LogP contribution in [0.1, 0.15) is 91.9 Å². The second-order valence-corrected chi connectivity index (χ2v) is 8.76. The highest BCUT2D eigenvalue weighted by Gasteiger charge is 2.57. The molecule has 0 aromatic heterocycles. The second kappa shape index (κ2) is 9.86. The SMILES string of the molecule is CCCCN1C2CC3N(CCCC)C1CC(N2CCCC)N3CCCC. The Labute approximate surface area is 162 Å². The smallest absolute Gasteiger partial charge is 0.0677 e. The molecule has 0 saturated carbocycles. The van der Waals surface area contributed by atoms with E-state index in [0.717, 1.165) is 0 Å². The van der Waals surface area contributed by atoms with Gasteiger partial charge in [-0.3, -0.25) is 19.6 Å². The average molecular weight is 365 g/mol. The van der Waals surface area contributed by atoms with Gasteiger partial charge in [-0.05, 0) is 25.7 Å². The zero-order chi connectivity index (χ0) is 18.5. The Morgan fingerprint density at radius 2 is 0.692 bits per heavy atom. The molecule has 0 amide bonds. The molecule has 0 aromatic rings. The standard InChI is InChI=1S/C22H44N4/c1-5-9-13-23-19-17-22-25(15-11-7-3)20(23)18-21(24(19)14-10-6-2)26(22)16-12-8-4/h19-22H,5-18H2,1-4H3. The molecule has 0 N–H and O–H groups in total. The maximum Gasteiger partial charge on any atom is 0.0677 e. The average Bonchev–Trinajstić information content (AvgIpc) is 2.65. The molecule has 0 aliphatic carbocycles. The number of hydrogen-bond donors (Lipinski definition) is 0. The predicted octanol–water partition coefficient (Wildman–Crippen LogP) is 4.52. The third kappa shape index (κ3) is 3.99. The fraction of sp³-hybridized carbons (Fsp3) is 1.00. The van der Waals surface area contributed by atoms with E-state index in [2.05, 4.69) is 47.3 Å².